The highest BCUT2D eigenvalue weighted by Crippen LogP contribution is 2.14. The van der Waals surface area contributed by atoms with Crippen LogP contribution in [0.15, 0.2) is 54.7 Å². The van der Waals surface area contributed by atoms with Gasteiger partial charge in [0.1, 0.15) is 0 Å². The van der Waals surface area contributed by atoms with Gasteiger partial charge in [-0.2, -0.15) is 5.10 Å². The molecular weight excluding hydrogens is 250 g/mol. The fourth-order valence-electron chi connectivity index (χ4n) is 2.23. The van der Waals surface area contributed by atoms with Gasteiger partial charge in [0, 0.05) is 18.0 Å². The van der Waals surface area contributed by atoms with Crippen LogP contribution in [0.2, 0.25) is 0 Å². The van der Waals surface area contributed by atoms with E-state index in [-0.39, 0.29) is 5.91 Å². The van der Waals surface area contributed by atoms with Crippen molar-refractivity contribution in [3.63, 3.8) is 0 Å². The lowest BCUT2D eigenvalue weighted by Gasteiger charge is -2.05. The number of nitrogens with one attached hydrogen (secondary N) is 1. The van der Waals surface area contributed by atoms with Crippen LogP contribution in [0.5, 0.6) is 0 Å². The number of para-hydroxylation sites is 1. The Morgan fingerprint density at radius 3 is 2.65 bits per heavy atom. The second-order valence-electron chi connectivity index (χ2n) is 4.64. The van der Waals surface area contributed by atoms with E-state index in [1.54, 1.807) is 7.05 Å². The summed E-state index contributed by atoms with van der Waals surface area (Å²) in [6.07, 6.45) is 1.87. The van der Waals surface area contributed by atoms with E-state index < -0.39 is 0 Å². The lowest BCUT2D eigenvalue weighted by atomic mass is 10.1. The second-order valence-corrected chi connectivity index (χ2v) is 4.64. The molecule has 0 spiro atoms. The highest BCUT2D eigenvalue weighted by atomic mass is 16.1. The maximum Gasteiger partial charge on any atom is 0.251 e. The minimum atomic E-state index is -0.0684. The fraction of sp³-hybridized carbons (Fsp3) is 0.125. The van der Waals surface area contributed by atoms with Gasteiger partial charge in [0.15, 0.2) is 0 Å². The van der Waals surface area contributed by atoms with Crippen molar-refractivity contribution >= 4 is 16.8 Å². The maximum atomic E-state index is 11.5. The first kappa shape index (κ1) is 12.4. The van der Waals surface area contributed by atoms with Gasteiger partial charge in [0.25, 0.3) is 5.91 Å². The van der Waals surface area contributed by atoms with Crippen LogP contribution in [0, 0.1) is 0 Å². The number of carbonyl (C=O) groups excluding carboxylic acids is 1. The Hall–Kier alpha value is -2.62. The first-order valence-corrected chi connectivity index (χ1v) is 6.49. The zero-order valence-electron chi connectivity index (χ0n) is 11.2. The van der Waals surface area contributed by atoms with E-state index in [1.165, 1.54) is 0 Å². The van der Waals surface area contributed by atoms with Gasteiger partial charge in [-0.15, -0.1) is 0 Å². The van der Waals surface area contributed by atoms with Gasteiger partial charge in [-0.1, -0.05) is 30.3 Å². The minimum Gasteiger partial charge on any atom is -0.355 e. The SMILES string of the molecule is CNC(=O)c1ccc(Cn2ncc3ccccc32)cc1. The first-order chi connectivity index (χ1) is 9.78. The number of fused-ring (bicyclic) bond motifs is 1. The van der Waals surface area contributed by atoms with Gasteiger partial charge in [-0.05, 0) is 23.8 Å². The summed E-state index contributed by atoms with van der Waals surface area (Å²) in [5.41, 5.74) is 2.90. The number of hydrogen-bond acceptors (Lipinski definition) is 2. The average Bonchev–Trinajstić information content (AvgIpc) is 2.91. The molecule has 3 rings (SSSR count). The van der Waals surface area contributed by atoms with Crippen molar-refractivity contribution in [1.82, 2.24) is 15.1 Å². The number of carbonyl (C=O) groups is 1. The molecular formula is C16H15N3O. The van der Waals surface area contributed by atoms with Crippen molar-refractivity contribution in [2.24, 2.45) is 0 Å². The van der Waals surface area contributed by atoms with Crippen molar-refractivity contribution in [3.8, 4) is 0 Å². The number of amides is 1. The summed E-state index contributed by atoms with van der Waals surface area (Å²) in [6.45, 7) is 0.696. The fourth-order valence-corrected chi connectivity index (χ4v) is 2.23. The van der Waals surface area contributed by atoms with Crippen LogP contribution in [0.1, 0.15) is 15.9 Å². The molecule has 2 aromatic carbocycles. The first-order valence-electron chi connectivity index (χ1n) is 6.49. The minimum absolute atomic E-state index is 0.0684. The zero-order valence-corrected chi connectivity index (χ0v) is 11.2. The Labute approximate surface area is 117 Å². The van der Waals surface area contributed by atoms with E-state index in [4.69, 9.17) is 0 Å². The molecule has 1 heterocycles. The van der Waals surface area contributed by atoms with Crippen molar-refractivity contribution in [1.29, 1.82) is 0 Å². The van der Waals surface area contributed by atoms with Crippen LogP contribution in [0.4, 0.5) is 0 Å². The van der Waals surface area contributed by atoms with Gasteiger partial charge in [-0.25, -0.2) is 0 Å². The van der Waals surface area contributed by atoms with Crippen molar-refractivity contribution in [2.45, 2.75) is 6.54 Å². The third-order valence-corrected chi connectivity index (χ3v) is 3.33. The predicted molar refractivity (Wildman–Crippen MR) is 78.7 cm³/mol. The molecule has 0 atom stereocenters. The number of nitrogens with zero attached hydrogens (tertiary/aromatic N) is 2. The van der Waals surface area contributed by atoms with E-state index in [1.807, 2.05) is 53.3 Å². The Bertz CT molecular complexity index is 744. The summed E-state index contributed by atoms with van der Waals surface area (Å²) in [5, 5.41) is 8.15. The number of aromatic nitrogens is 2. The summed E-state index contributed by atoms with van der Waals surface area (Å²) in [5.74, 6) is -0.0684. The molecule has 0 radical (unpaired) electrons. The largest absolute Gasteiger partial charge is 0.355 e. The van der Waals surface area contributed by atoms with Crippen LogP contribution in [-0.4, -0.2) is 22.7 Å². The lowest BCUT2D eigenvalue weighted by molar-refractivity contribution is 0.0963. The number of rotatable bonds is 3. The summed E-state index contributed by atoms with van der Waals surface area (Å²) in [7, 11) is 1.63. The second kappa shape index (κ2) is 5.17. The summed E-state index contributed by atoms with van der Waals surface area (Å²) < 4.78 is 1.96. The van der Waals surface area contributed by atoms with E-state index in [0.717, 1.165) is 16.5 Å². The topological polar surface area (TPSA) is 46.9 Å². The van der Waals surface area contributed by atoms with E-state index in [9.17, 15) is 4.79 Å². The highest BCUT2D eigenvalue weighted by molar-refractivity contribution is 5.93. The molecule has 0 aliphatic heterocycles. The Morgan fingerprint density at radius 1 is 1.15 bits per heavy atom. The summed E-state index contributed by atoms with van der Waals surface area (Å²) >= 11 is 0. The van der Waals surface area contributed by atoms with Gasteiger partial charge in [-0.3, -0.25) is 9.48 Å². The number of hydrogen-bond donors (Lipinski definition) is 1. The van der Waals surface area contributed by atoms with Gasteiger partial charge in [0.05, 0.1) is 18.3 Å². The monoisotopic (exact) mass is 265 g/mol. The standard InChI is InChI=1S/C16H15N3O/c1-17-16(20)13-8-6-12(7-9-13)11-19-15-5-3-2-4-14(15)10-18-19/h2-10H,11H2,1H3,(H,17,20). The molecule has 0 aliphatic rings. The third kappa shape index (κ3) is 2.28. The normalized spacial score (nSPS) is 10.7. The smallest absolute Gasteiger partial charge is 0.251 e. The molecule has 3 aromatic rings. The van der Waals surface area contributed by atoms with E-state index in [2.05, 4.69) is 16.5 Å². The third-order valence-electron chi connectivity index (χ3n) is 3.33. The molecule has 4 heteroatoms. The van der Waals surface area contributed by atoms with Crippen LogP contribution in [-0.2, 0) is 6.54 Å². The molecule has 1 N–H and O–H groups in total. The van der Waals surface area contributed by atoms with Crippen LogP contribution < -0.4 is 5.32 Å². The Balaban J connectivity index is 1.86. The molecule has 100 valence electrons. The molecule has 0 saturated heterocycles. The molecule has 1 amide bonds. The van der Waals surface area contributed by atoms with Crippen molar-refractivity contribution in [2.75, 3.05) is 7.05 Å². The predicted octanol–water partition coefficient (Wildman–Crippen LogP) is 2.44. The average molecular weight is 265 g/mol. The molecule has 0 unspecified atom stereocenters. The maximum absolute atomic E-state index is 11.5. The highest BCUT2D eigenvalue weighted by Gasteiger charge is 2.05. The molecule has 1 aromatic heterocycles. The molecule has 0 fully saturated rings. The van der Waals surface area contributed by atoms with Gasteiger partial charge < -0.3 is 5.32 Å². The van der Waals surface area contributed by atoms with Crippen LogP contribution in [0.3, 0.4) is 0 Å². The Kier molecular flexibility index (Phi) is 3.21. The van der Waals surface area contributed by atoms with E-state index >= 15 is 0 Å². The van der Waals surface area contributed by atoms with E-state index in [0.29, 0.717) is 12.1 Å². The van der Waals surface area contributed by atoms with Crippen LogP contribution in [0.25, 0.3) is 10.9 Å². The summed E-state index contributed by atoms with van der Waals surface area (Å²) in [6, 6.07) is 15.7. The Morgan fingerprint density at radius 2 is 1.90 bits per heavy atom. The summed E-state index contributed by atoms with van der Waals surface area (Å²) in [4.78, 5) is 11.5. The zero-order chi connectivity index (χ0) is 13.9. The van der Waals surface area contributed by atoms with Crippen molar-refractivity contribution in [3.05, 3.63) is 65.9 Å². The number of benzene rings is 2. The lowest BCUT2D eigenvalue weighted by Crippen LogP contribution is -2.17. The molecule has 4 nitrogen and oxygen atoms in total. The molecule has 20 heavy (non-hydrogen) atoms. The molecule has 0 saturated carbocycles. The van der Waals surface area contributed by atoms with Gasteiger partial charge in [0.2, 0.25) is 0 Å². The van der Waals surface area contributed by atoms with Gasteiger partial charge >= 0.3 is 0 Å². The molecule has 0 aliphatic carbocycles. The van der Waals surface area contributed by atoms with Crippen molar-refractivity contribution < 1.29 is 4.79 Å². The quantitative estimate of drug-likeness (QED) is 0.790. The van der Waals surface area contributed by atoms with Crippen LogP contribution >= 0.6 is 0 Å². The molecule has 0 bridgehead atoms.